The molecule has 2 aromatic carbocycles. The van der Waals surface area contributed by atoms with Crippen LogP contribution in [0.2, 0.25) is 5.02 Å². The highest BCUT2D eigenvalue weighted by Crippen LogP contribution is 2.41. The van der Waals surface area contributed by atoms with Crippen LogP contribution in [0.15, 0.2) is 60.9 Å². The Hall–Kier alpha value is -3.76. The zero-order valence-corrected chi connectivity index (χ0v) is 18.5. The number of anilines is 1. The van der Waals surface area contributed by atoms with Crippen LogP contribution in [-0.2, 0) is 10.3 Å². The number of hydrogen-bond donors (Lipinski definition) is 0. The Labute approximate surface area is 194 Å². The summed E-state index contributed by atoms with van der Waals surface area (Å²) in [4.78, 5) is 31.9. The number of imide groups is 1. The minimum Gasteiger partial charge on any atom is -0.317 e. The van der Waals surface area contributed by atoms with Crippen molar-refractivity contribution in [3.05, 3.63) is 94.3 Å². The molecule has 1 aliphatic heterocycles. The maximum absolute atomic E-state index is 15.0. The summed E-state index contributed by atoms with van der Waals surface area (Å²) in [6, 6.07) is 11.4. The number of benzene rings is 2. The van der Waals surface area contributed by atoms with E-state index in [-0.39, 0.29) is 12.0 Å². The van der Waals surface area contributed by atoms with Crippen LogP contribution in [0.4, 0.5) is 19.3 Å². The fourth-order valence-electron chi connectivity index (χ4n) is 3.79. The summed E-state index contributed by atoms with van der Waals surface area (Å²) < 4.78 is 29.9. The lowest BCUT2D eigenvalue weighted by molar-refractivity contribution is -0.122. The fourth-order valence-corrected chi connectivity index (χ4v) is 4.13. The Bertz CT molecular complexity index is 1300. The van der Waals surface area contributed by atoms with Crippen molar-refractivity contribution in [3.8, 4) is 11.8 Å². The number of aromatic nitrogens is 1. The summed E-state index contributed by atoms with van der Waals surface area (Å²) >= 11 is 6.30. The molecule has 1 aliphatic rings. The van der Waals surface area contributed by atoms with Gasteiger partial charge in [-0.1, -0.05) is 41.6 Å². The molecule has 0 N–H and O–H groups in total. The maximum atomic E-state index is 15.0. The van der Waals surface area contributed by atoms with Crippen LogP contribution in [0.25, 0.3) is 0 Å². The Kier molecular flexibility index (Phi) is 5.88. The van der Waals surface area contributed by atoms with Gasteiger partial charge in [0.05, 0.1) is 12.0 Å². The molecular formula is C25H18ClF2N3O2. The number of rotatable bonds is 2. The van der Waals surface area contributed by atoms with Gasteiger partial charge in [-0.15, -0.1) is 0 Å². The van der Waals surface area contributed by atoms with Crippen molar-refractivity contribution >= 4 is 29.2 Å². The fraction of sp³-hybridized carbons (Fsp3) is 0.160. The van der Waals surface area contributed by atoms with E-state index in [1.165, 1.54) is 18.1 Å². The number of pyridine rings is 1. The third kappa shape index (κ3) is 4.06. The van der Waals surface area contributed by atoms with Gasteiger partial charge in [-0.25, -0.2) is 18.5 Å². The van der Waals surface area contributed by atoms with Crippen molar-refractivity contribution in [3.63, 3.8) is 0 Å². The largest absolute Gasteiger partial charge is 0.332 e. The first-order chi connectivity index (χ1) is 15.7. The van der Waals surface area contributed by atoms with Gasteiger partial charge in [-0.2, -0.15) is 0 Å². The van der Waals surface area contributed by atoms with E-state index in [9.17, 15) is 18.4 Å². The van der Waals surface area contributed by atoms with E-state index in [0.29, 0.717) is 21.0 Å². The van der Waals surface area contributed by atoms with Gasteiger partial charge in [-0.05, 0) is 42.8 Å². The number of halogens is 3. The lowest BCUT2D eigenvalue weighted by Gasteiger charge is -2.46. The summed E-state index contributed by atoms with van der Waals surface area (Å²) in [5, 5.41) is 0.384. The molecule has 33 heavy (non-hydrogen) atoms. The number of hydrogen-bond acceptors (Lipinski definition) is 3. The Balaban J connectivity index is 1.69. The predicted molar refractivity (Wildman–Crippen MR) is 121 cm³/mol. The zero-order chi connectivity index (χ0) is 23.8. The van der Waals surface area contributed by atoms with Crippen molar-refractivity contribution in [2.24, 2.45) is 0 Å². The molecule has 0 unspecified atom stereocenters. The molecule has 1 atom stereocenters. The molecule has 0 saturated carbocycles. The second kappa shape index (κ2) is 8.64. The molecule has 2 heterocycles. The van der Waals surface area contributed by atoms with Crippen molar-refractivity contribution in [1.29, 1.82) is 0 Å². The molecule has 166 valence electrons. The standard InChI is InChI=1S/C25H18ClF2N3O2/c1-25(18-7-3-4-8-19(18)26)14-22(32)31(24(33)30(25)2)23-20(27)12-17(13-21(23)28)10-9-16-6-5-11-29-15-16/h3-8,11-13,15H,14H2,1-2H3/t25-/m0/s1. The van der Waals surface area contributed by atoms with E-state index >= 15 is 0 Å². The molecule has 3 aromatic rings. The molecule has 1 saturated heterocycles. The molecular weight excluding hydrogens is 448 g/mol. The summed E-state index contributed by atoms with van der Waals surface area (Å²) in [7, 11) is 1.47. The van der Waals surface area contributed by atoms with E-state index in [0.717, 1.165) is 12.1 Å². The first-order valence-corrected chi connectivity index (χ1v) is 10.4. The summed E-state index contributed by atoms with van der Waals surface area (Å²) in [6.45, 7) is 1.69. The number of nitrogens with zero attached hydrogens (tertiary/aromatic N) is 3. The lowest BCUT2D eigenvalue weighted by atomic mass is 9.85. The van der Waals surface area contributed by atoms with Gasteiger partial charge in [0.2, 0.25) is 5.91 Å². The summed E-state index contributed by atoms with van der Waals surface area (Å²) in [5.74, 6) is 2.54. The van der Waals surface area contributed by atoms with Crippen LogP contribution in [0.5, 0.6) is 0 Å². The predicted octanol–water partition coefficient (Wildman–Crippen LogP) is 5.12. The van der Waals surface area contributed by atoms with Gasteiger partial charge < -0.3 is 4.90 Å². The van der Waals surface area contributed by atoms with Gasteiger partial charge in [0.1, 0.15) is 5.69 Å². The summed E-state index contributed by atoms with van der Waals surface area (Å²) in [6.07, 6.45) is 2.89. The zero-order valence-electron chi connectivity index (χ0n) is 17.8. The molecule has 0 bridgehead atoms. The lowest BCUT2D eigenvalue weighted by Crippen LogP contribution is -2.60. The minimum atomic E-state index is -1.08. The van der Waals surface area contributed by atoms with Gasteiger partial charge in [0.15, 0.2) is 11.6 Å². The van der Waals surface area contributed by atoms with Gasteiger partial charge in [0.25, 0.3) is 0 Å². The second-order valence-corrected chi connectivity index (χ2v) is 8.19. The minimum absolute atomic E-state index is 0.0590. The average molecular weight is 466 g/mol. The van der Waals surface area contributed by atoms with Crippen LogP contribution >= 0.6 is 11.6 Å². The monoisotopic (exact) mass is 465 g/mol. The molecule has 1 fully saturated rings. The van der Waals surface area contributed by atoms with E-state index in [1.807, 2.05) is 0 Å². The van der Waals surface area contributed by atoms with Crippen molar-refractivity contribution in [2.75, 3.05) is 11.9 Å². The van der Waals surface area contributed by atoms with E-state index in [4.69, 9.17) is 11.6 Å². The molecule has 4 rings (SSSR count). The molecule has 1 aromatic heterocycles. The van der Waals surface area contributed by atoms with Crippen LogP contribution in [0.3, 0.4) is 0 Å². The highest BCUT2D eigenvalue weighted by molar-refractivity contribution is 6.31. The number of amides is 3. The topological polar surface area (TPSA) is 53.5 Å². The first kappa shape index (κ1) is 22.4. The number of carbonyl (C=O) groups excluding carboxylic acids is 2. The third-order valence-electron chi connectivity index (χ3n) is 5.67. The van der Waals surface area contributed by atoms with Crippen LogP contribution < -0.4 is 4.90 Å². The highest BCUT2D eigenvalue weighted by Gasteiger charge is 2.48. The third-order valence-corrected chi connectivity index (χ3v) is 6.00. The van der Waals surface area contributed by atoms with Gasteiger partial charge in [0, 0.05) is 35.6 Å². The van der Waals surface area contributed by atoms with Gasteiger partial charge in [-0.3, -0.25) is 9.78 Å². The number of urea groups is 1. The van der Waals surface area contributed by atoms with Crippen LogP contribution in [-0.4, -0.2) is 28.9 Å². The quantitative estimate of drug-likeness (QED) is 0.494. The second-order valence-electron chi connectivity index (χ2n) is 7.78. The van der Waals surface area contributed by atoms with E-state index in [1.54, 1.807) is 49.5 Å². The SMILES string of the molecule is CN1C(=O)N(c2c(F)cc(C#Cc3cccnc3)cc2F)C(=O)C[C@@]1(C)c1ccccc1Cl. The Morgan fingerprint density at radius 1 is 1.03 bits per heavy atom. The van der Waals surface area contributed by atoms with Crippen LogP contribution in [0, 0.1) is 23.5 Å². The van der Waals surface area contributed by atoms with E-state index < -0.39 is 34.8 Å². The van der Waals surface area contributed by atoms with Crippen molar-refractivity contribution < 1.29 is 18.4 Å². The molecule has 5 nitrogen and oxygen atoms in total. The molecule has 8 heteroatoms. The molecule has 0 spiro atoms. The normalized spacial score (nSPS) is 18.2. The molecule has 0 radical (unpaired) electrons. The Morgan fingerprint density at radius 3 is 2.33 bits per heavy atom. The smallest absolute Gasteiger partial charge is 0.317 e. The average Bonchev–Trinajstić information content (AvgIpc) is 2.79. The van der Waals surface area contributed by atoms with Crippen molar-refractivity contribution in [2.45, 2.75) is 18.9 Å². The molecule has 3 amide bonds. The number of carbonyl (C=O) groups is 2. The van der Waals surface area contributed by atoms with Crippen LogP contribution in [0.1, 0.15) is 30.0 Å². The maximum Gasteiger partial charge on any atom is 0.332 e. The van der Waals surface area contributed by atoms with Crippen molar-refractivity contribution in [1.82, 2.24) is 9.88 Å². The van der Waals surface area contributed by atoms with Gasteiger partial charge >= 0.3 is 6.03 Å². The first-order valence-electron chi connectivity index (χ1n) is 9.99. The molecule has 0 aliphatic carbocycles. The summed E-state index contributed by atoms with van der Waals surface area (Å²) in [5.41, 5.74) is -0.610. The highest BCUT2D eigenvalue weighted by atomic mass is 35.5. The Morgan fingerprint density at radius 2 is 1.70 bits per heavy atom. The van der Waals surface area contributed by atoms with E-state index in [2.05, 4.69) is 16.8 Å².